The van der Waals surface area contributed by atoms with Crippen LogP contribution in [0.25, 0.3) is 0 Å². The lowest BCUT2D eigenvalue weighted by Gasteiger charge is -2.31. The second-order valence-electron chi connectivity index (χ2n) is 6.05. The molecule has 2 fully saturated rings. The molecule has 2 amide bonds. The largest absolute Gasteiger partial charge is 0.481 e. The first-order valence-electron chi connectivity index (χ1n) is 7.82. The molecule has 2 saturated heterocycles. The van der Waals surface area contributed by atoms with Gasteiger partial charge in [0.15, 0.2) is 0 Å². The first-order valence-corrected chi connectivity index (χ1v) is 7.82. The van der Waals surface area contributed by atoms with E-state index in [2.05, 4.69) is 15.2 Å². The predicted octanol–water partition coefficient (Wildman–Crippen LogP) is 0.903. The lowest BCUT2D eigenvalue weighted by molar-refractivity contribution is -0.142. The Morgan fingerprint density at radius 2 is 1.96 bits per heavy atom. The Labute approximate surface area is 133 Å². The summed E-state index contributed by atoms with van der Waals surface area (Å²) in [6.07, 6.45) is 3.77. The SMILES string of the molecule is O=C1CC[C@@H](c2ccc(N3CCC(C(=O)O)CC3)nc2)C(=O)N1. The van der Waals surface area contributed by atoms with Crippen molar-refractivity contribution in [1.82, 2.24) is 10.3 Å². The molecule has 0 aromatic carbocycles. The van der Waals surface area contributed by atoms with Gasteiger partial charge in [-0.1, -0.05) is 6.07 Å². The molecular formula is C16H19N3O4. The standard InChI is InChI=1S/C16H19N3O4/c20-14-4-2-12(15(21)18-14)11-1-3-13(17-9-11)19-7-5-10(6-8-19)16(22)23/h1,3,9-10,12H,2,4-8H2,(H,22,23)(H,18,20,21)/t12-/m0/s1. The van der Waals surface area contributed by atoms with Crippen molar-refractivity contribution in [3.05, 3.63) is 23.9 Å². The van der Waals surface area contributed by atoms with Gasteiger partial charge >= 0.3 is 5.97 Å². The van der Waals surface area contributed by atoms with Crippen molar-refractivity contribution in [2.24, 2.45) is 5.92 Å². The van der Waals surface area contributed by atoms with Gasteiger partial charge in [0.1, 0.15) is 5.82 Å². The van der Waals surface area contributed by atoms with Crippen LogP contribution in [0.5, 0.6) is 0 Å². The summed E-state index contributed by atoms with van der Waals surface area (Å²) >= 11 is 0. The van der Waals surface area contributed by atoms with E-state index in [9.17, 15) is 14.4 Å². The van der Waals surface area contributed by atoms with Crippen molar-refractivity contribution >= 4 is 23.6 Å². The summed E-state index contributed by atoms with van der Waals surface area (Å²) in [7, 11) is 0. The van der Waals surface area contributed by atoms with E-state index < -0.39 is 5.97 Å². The molecule has 23 heavy (non-hydrogen) atoms. The third-order valence-corrected chi connectivity index (χ3v) is 4.58. The van der Waals surface area contributed by atoms with Gasteiger partial charge in [0, 0.05) is 25.7 Å². The summed E-state index contributed by atoms with van der Waals surface area (Å²) in [6.45, 7) is 1.34. The summed E-state index contributed by atoms with van der Waals surface area (Å²) < 4.78 is 0. The van der Waals surface area contributed by atoms with Crippen LogP contribution in [0.2, 0.25) is 0 Å². The number of nitrogens with zero attached hydrogens (tertiary/aromatic N) is 2. The van der Waals surface area contributed by atoms with E-state index in [1.54, 1.807) is 6.20 Å². The van der Waals surface area contributed by atoms with Gasteiger partial charge in [-0.15, -0.1) is 0 Å². The van der Waals surface area contributed by atoms with E-state index >= 15 is 0 Å². The van der Waals surface area contributed by atoms with Gasteiger partial charge in [-0.2, -0.15) is 0 Å². The molecule has 2 aliphatic heterocycles. The number of carbonyl (C=O) groups is 3. The van der Waals surface area contributed by atoms with Crippen molar-refractivity contribution in [3.8, 4) is 0 Å². The fourth-order valence-corrected chi connectivity index (χ4v) is 3.16. The molecule has 2 aliphatic rings. The second-order valence-corrected chi connectivity index (χ2v) is 6.05. The van der Waals surface area contributed by atoms with Gasteiger partial charge in [-0.3, -0.25) is 19.7 Å². The fraction of sp³-hybridized carbons (Fsp3) is 0.500. The zero-order chi connectivity index (χ0) is 16.4. The number of hydrogen-bond acceptors (Lipinski definition) is 5. The van der Waals surface area contributed by atoms with E-state index in [1.165, 1.54) is 0 Å². The molecule has 0 spiro atoms. The molecular weight excluding hydrogens is 298 g/mol. The maximum atomic E-state index is 11.9. The van der Waals surface area contributed by atoms with E-state index in [4.69, 9.17) is 5.11 Å². The highest BCUT2D eigenvalue weighted by atomic mass is 16.4. The number of carboxylic acid groups (broad SMARTS) is 1. The molecule has 1 aromatic rings. The Balaban J connectivity index is 1.65. The molecule has 3 heterocycles. The van der Waals surface area contributed by atoms with Crippen LogP contribution in [0, 0.1) is 5.92 Å². The first kappa shape index (κ1) is 15.5. The number of aliphatic carboxylic acids is 1. The minimum Gasteiger partial charge on any atom is -0.481 e. The average molecular weight is 317 g/mol. The highest BCUT2D eigenvalue weighted by molar-refractivity contribution is 6.00. The van der Waals surface area contributed by atoms with Gasteiger partial charge in [0.2, 0.25) is 11.8 Å². The number of nitrogens with one attached hydrogen (secondary N) is 1. The van der Waals surface area contributed by atoms with Crippen molar-refractivity contribution in [2.75, 3.05) is 18.0 Å². The molecule has 2 N–H and O–H groups in total. The summed E-state index contributed by atoms with van der Waals surface area (Å²) in [4.78, 5) is 40.5. The van der Waals surface area contributed by atoms with Crippen molar-refractivity contribution in [1.29, 1.82) is 0 Å². The number of pyridine rings is 1. The number of amides is 2. The molecule has 7 heteroatoms. The third-order valence-electron chi connectivity index (χ3n) is 4.58. The summed E-state index contributed by atoms with van der Waals surface area (Å²) in [5, 5.41) is 11.4. The highest BCUT2D eigenvalue weighted by Crippen LogP contribution is 2.27. The Morgan fingerprint density at radius 3 is 2.52 bits per heavy atom. The number of hydrogen-bond donors (Lipinski definition) is 2. The molecule has 122 valence electrons. The number of anilines is 1. The summed E-state index contributed by atoms with van der Waals surface area (Å²) in [5.41, 5.74) is 0.805. The van der Waals surface area contributed by atoms with Crippen LogP contribution < -0.4 is 10.2 Å². The Hall–Kier alpha value is -2.44. The van der Waals surface area contributed by atoms with E-state index in [0.717, 1.165) is 11.4 Å². The highest BCUT2D eigenvalue weighted by Gasteiger charge is 2.29. The molecule has 0 saturated carbocycles. The lowest BCUT2D eigenvalue weighted by Crippen LogP contribution is -2.39. The second kappa shape index (κ2) is 6.36. The quantitative estimate of drug-likeness (QED) is 0.804. The van der Waals surface area contributed by atoms with Crippen LogP contribution in [0.15, 0.2) is 18.3 Å². The number of aromatic nitrogens is 1. The number of imide groups is 1. The zero-order valence-corrected chi connectivity index (χ0v) is 12.7. The van der Waals surface area contributed by atoms with Crippen LogP contribution in [0.3, 0.4) is 0 Å². The number of carboxylic acids is 1. The van der Waals surface area contributed by atoms with Crippen LogP contribution in [0.1, 0.15) is 37.2 Å². The topological polar surface area (TPSA) is 99.6 Å². The molecule has 0 bridgehead atoms. The maximum absolute atomic E-state index is 11.9. The van der Waals surface area contributed by atoms with Gasteiger partial charge in [-0.25, -0.2) is 4.98 Å². The smallest absolute Gasteiger partial charge is 0.306 e. The minimum absolute atomic E-state index is 0.225. The molecule has 1 atom stereocenters. The van der Waals surface area contributed by atoms with E-state index in [0.29, 0.717) is 38.8 Å². The minimum atomic E-state index is -0.731. The third kappa shape index (κ3) is 3.33. The normalized spacial score (nSPS) is 22.8. The molecule has 0 unspecified atom stereocenters. The van der Waals surface area contributed by atoms with Gasteiger partial charge in [-0.05, 0) is 30.9 Å². The van der Waals surface area contributed by atoms with E-state index in [1.807, 2.05) is 12.1 Å². The fourth-order valence-electron chi connectivity index (χ4n) is 3.16. The van der Waals surface area contributed by atoms with Gasteiger partial charge in [0.05, 0.1) is 11.8 Å². The van der Waals surface area contributed by atoms with Crippen LogP contribution in [-0.2, 0) is 14.4 Å². The monoisotopic (exact) mass is 317 g/mol. The summed E-state index contributed by atoms with van der Waals surface area (Å²) in [6, 6.07) is 3.73. The van der Waals surface area contributed by atoms with Crippen molar-refractivity contribution in [3.63, 3.8) is 0 Å². The van der Waals surface area contributed by atoms with E-state index in [-0.39, 0.29) is 23.7 Å². The molecule has 3 rings (SSSR count). The molecule has 0 radical (unpaired) electrons. The maximum Gasteiger partial charge on any atom is 0.306 e. The Kier molecular flexibility index (Phi) is 4.27. The van der Waals surface area contributed by atoms with Gasteiger partial charge in [0.25, 0.3) is 0 Å². The van der Waals surface area contributed by atoms with Crippen LogP contribution >= 0.6 is 0 Å². The number of carbonyl (C=O) groups excluding carboxylic acids is 2. The van der Waals surface area contributed by atoms with Crippen molar-refractivity contribution in [2.45, 2.75) is 31.6 Å². The first-order chi connectivity index (χ1) is 11.0. The molecule has 7 nitrogen and oxygen atoms in total. The average Bonchev–Trinajstić information content (AvgIpc) is 2.55. The molecule has 1 aromatic heterocycles. The number of rotatable bonds is 3. The Morgan fingerprint density at radius 1 is 1.22 bits per heavy atom. The number of piperidine rings is 2. The van der Waals surface area contributed by atoms with Crippen LogP contribution in [-0.4, -0.2) is 41.0 Å². The lowest BCUT2D eigenvalue weighted by atomic mass is 9.91. The van der Waals surface area contributed by atoms with Crippen LogP contribution in [0.4, 0.5) is 5.82 Å². The predicted molar refractivity (Wildman–Crippen MR) is 81.9 cm³/mol. The zero-order valence-electron chi connectivity index (χ0n) is 12.7. The van der Waals surface area contributed by atoms with Gasteiger partial charge < -0.3 is 10.0 Å². The summed E-state index contributed by atoms with van der Waals surface area (Å²) in [5.74, 6) is -1.02. The Bertz CT molecular complexity index is 621. The molecule has 0 aliphatic carbocycles. The van der Waals surface area contributed by atoms with Crippen molar-refractivity contribution < 1.29 is 19.5 Å².